The van der Waals surface area contributed by atoms with Crippen LogP contribution in [-0.2, 0) is 11.2 Å². The van der Waals surface area contributed by atoms with Gasteiger partial charge in [0.25, 0.3) is 0 Å². The quantitative estimate of drug-likeness (QED) is 0.149. The molecule has 1 aromatic carbocycles. The van der Waals surface area contributed by atoms with Gasteiger partial charge in [0.2, 0.25) is 0 Å². The first-order valence-electron chi connectivity index (χ1n) is 13.5. The number of esters is 1. The largest absolute Gasteiger partial charge is 0.426 e. The number of unbranched alkanes of at least 4 members (excludes halogenated alkanes) is 10. The van der Waals surface area contributed by atoms with Crippen molar-refractivity contribution in [1.82, 2.24) is 0 Å². The molecule has 2 nitrogen and oxygen atoms in total. The molecule has 0 amide bonds. The Bertz CT molecular complexity index is 569. The van der Waals surface area contributed by atoms with Crippen molar-refractivity contribution < 1.29 is 9.53 Å². The van der Waals surface area contributed by atoms with Crippen LogP contribution in [0.2, 0.25) is 0 Å². The molecule has 0 aliphatic heterocycles. The molecule has 0 saturated heterocycles. The Morgan fingerprint density at radius 3 is 1.87 bits per heavy atom. The summed E-state index contributed by atoms with van der Waals surface area (Å²) in [6.45, 7) is 4.49. The van der Waals surface area contributed by atoms with E-state index in [0.29, 0.717) is 5.75 Å². The number of aryl methyl sites for hydroxylation is 1. The van der Waals surface area contributed by atoms with E-state index in [-0.39, 0.29) is 11.9 Å². The van der Waals surface area contributed by atoms with E-state index in [1.165, 1.54) is 102 Å². The minimum Gasteiger partial charge on any atom is -0.426 e. The fraction of sp³-hybridized carbons (Fsp3) is 0.759. The molecular formula is C29H48O2. The highest BCUT2D eigenvalue weighted by molar-refractivity contribution is 5.75. The van der Waals surface area contributed by atoms with Crippen LogP contribution in [0.25, 0.3) is 0 Å². The summed E-state index contributed by atoms with van der Waals surface area (Å²) in [5.74, 6) is 1.62. The lowest BCUT2D eigenvalue weighted by molar-refractivity contribution is -0.140. The Labute approximate surface area is 192 Å². The van der Waals surface area contributed by atoms with Crippen LogP contribution < -0.4 is 4.74 Å². The molecule has 1 aromatic rings. The van der Waals surface area contributed by atoms with Gasteiger partial charge in [-0.25, -0.2) is 0 Å². The molecular weight excluding hydrogens is 380 g/mol. The maximum Gasteiger partial charge on any atom is 0.314 e. The van der Waals surface area contributed by atoms with Crippen molar-refractivity contribution in [1.29, 1.82) is 0 Å². The summed E-state index contributed by atoms with van der Waals surface area (Å²) >= 11 is 0. The zero-order valence-electron chi connectivity index (χ0n) is 20.5. The van der Waals surface area contributed by atoms with Crippen LogP contribution in [0.5, 0.6) is 5.75 Å². The van der Waals surface area contributed by atoms with Crippen LogP contribution in [0.15, 0.2) is 24.3 Å². The summed E-state index contributed by atoms with van der Waals surface area (Å²) < 4.78 is 5.68. The highest BCUT2D eigenvalue weighted by Crippen LogP contribution is 2.33. The van der Waals surface area contributed by atoms with Gasteiger partial charge in [-0.15, -0.1) is 0 Å². The van der Waals surface area contributed by atoms with E-state index in [1.54, 1.807) is 0 Å². The van der Waals surface area contributed by atoms with Crippen molar-refractivity contribution in [3.63, 3.8) is 0 Å². The Hall–Kier alpha value is -1.31. The Morgan fingerprint density at radius 1 is 0.742 bits per heavy atom. The van der Waals surface area contributed by atoms with Crippen molar-refractivity contribution in [2.24, 2.45) is 11.8 Å². The molecule has 2 heteroatoms. The topological polar surface area (TPSA) is 26.3 Å². The number of hydrogen-bond donors (Lipinski definition) is 0. The first-order chi connectivity index (χ1) is 15.2. The molecule has 0 radical (unpaired) electrons. The van der Waals surface area contributed by atoms with E-state index < -0.39 is 0 Å². The van der Waals surface area contributed by atoms with E-state index in [2.05, 4.69) is 26.0 Å². The molecule has 0 aromatic heterocycles. The summed E-state index contributed by atoms with van der Waals surface area (Å²) in [6.07, 6.45) is 23.4. The second kappa shape index (κ2) is 16.3. The lowest BCUT2D eigenvalue weighted by Gasteiger charge is -2.27. The normalized spacial score (nSPS) is 18.8. The third kappa shape index (κ3) is 11.2. The zero-order chi connectivity index (χ0) is 22.2. The van der Waals surface area contributed by atoms with Crippen molar-refractivity contribution in [3.05, 3.63) is 29.8 Å². The SMILES string of the molecule is CCCCCCCCCCCCC1CCC(C(=O)Oc2ccc(CCCC)cc2)CC1. The van der Waals surface area contributed by atoms with E-state index in [9.17, 15) is 4.79 Å². The van der Waals surface area contributed by atoms with Crippen molar-refractivity contribution in [2.75, 3.05) is 0 Å². The van der Waals surface area contributed by atoms with E-state index >= 15 is 0 Å². The van der Waals surface area contributed by atoms with E-state index in [0.717, 1.165) is 25.2 Å². The van der Waals surface area contributed by atoms with Gasteiger partial charge in [-0.1, -0.05) is 103 Å². The number of ether oxygens (including phenoxy) is 1. The van der Waals surface area contributed by atoms with Gasteiger partial charge in [0.15, 0.2) is 0 Å². The van der Waals surface area contributed by atoms with Crippen LogP contribution in [0.3, 0.4) is 0 Å². The maximum atomic E-state index is 12.6. The molecule has 1 fully saturated rings. The molecule has 0 heterocycles. The van der Waals surface area contributed by atoms with Gasteiger partial charge >= 0.3 is 5.97 Å². The summed E-state index contributed by atoms with van der Waals surface area (Å²) in [6, 6.07) is 8.11. The molecule has 0 N–H and O–H groups in total. The van der Waals surface area contributed by atoms with Crippen molar-refractivity contribution >= 4 is 5.97 Å². The standard InChI is InChI=1S/C29H48O2/c1-3-5-7-8-9-10-11-12-13-14-16-26-17-21-27(22-18-26)29(30)31-28-23-19-25(20-24-28)15-6-4-2/h19-20,23-24,26-27H,3-18,21-22H2,1-2H3. The minimum atomic E-state index is -0.0151. The van der Waals surface area contributed by atoms with Gasteiger partial charge in [-0.05, 0) is 62.1 Å². The highest BCUT2D eigenvalue weighted by atomic mass is 16.5. The van der Waals surface area contributed by atoms with E-state index in [4.69, 9.17) is 4.74 Å². The zero-order valence-corrected chi connectivity index (χ0v) is 20.5. The van der Waals surface area contributed by atoms with Gasteiger partial charge < -0.3 is 4.74 Å². The molecule has 2 rings (SSSR count). The number of hydrogen-bond acceptors (Lipinski definition) is 2. The predicted molar refractivity (Wildman–Crippen MR) is 133 cm³/mol. The fourth-order valence-corrected chi connectivity index (χ4v) is 4.91. The lowest BCUT2D eigenvalue weighted by Crippen LogP contribution is -2.25. The fourth-order valence-electron chi connectivity index (χ4n) is 4.91. The van der Waals surface area contributed by atoms with Gasteiger partial charge in [0, 0.05) is 0 Å². The maximum absolute atomic E-state index is 12.6. The second-order valence-electron chi connectivity index (χ2n) is 9.86. The summed E-state index contributed by atoms with van der Waals surface area (Å²) in [5, 5.41) is 0. The molecule has 1 saturated carbocycles. The molecule has 0 spiro atoms. The summed E-state index contributed by atoms with van der Waals surface area (Å²) in [7, 11) is 0. The van der Waals surface area contributed by atoms with Crippen LogP contribution in [0.1, 0.15) is 129 Å². The Balaban J connectivity index is 1.51. The Kier molecular flexibility index (Phi) is 13.7. The molecule has 0 unspecified atom stereocenters. The lowest BCUT2D eigenvalue weighted by atomic mass is 9.79. The van der Waals surface area contributed by atoms with E-state index in [1.807, 2.05) is 12.1 Å². The van der Waals surface area contributed by atoms with Gasteiger partial charge in [0.05, 0.1) is 5.92 Å². The van der Waals surface area contributed by atoms with Crippen LogP contribution in [0.4, 0.5) is 0 Å². The first-order valence-corrected chi connectivity index (χ1v) is 13.5. The monoisotopic (exact) mass is 428 g/mol. The summed E-state index contributed by atoms with van der Waals surface area (Å²) in [5.41, 5.74) is 1.33. The molecule has 31 heavy (non-hydrogen) atoms. The predicted octanol–water partition coefficient (Wildman–Crippen LogP) is 9.05. The molecule has 1 aliphatic carbocycles. The molecule has 0 bridgehead atoms. The number of benzene rings is 1. The second-order valence-corrected chi connectivity index (χ2v) is 9.86. The first kappa shape index (κ1) is 25.9. The minimum absolute atomic E-state index is 0.0151. The van der Waals surface area contributed by atoms with Crippen LogP contribution >= 0.6 is 0 Å². The number of carbonyl (C=O) groups is 1. The average molecular weight is 429 g/mol. The number of carbonyl (C=O) groups excluding carboxylic acids is 1. The molecule has 1 aliphatic rings. The third-order valence-electron chi connectivity index (χ3n) is 7.11. The van der Waals surface area contributed by atoms with Gasteiger partial charge in [-0.2, -0.15) is 0 Å². The number of rotatable bonds is 16. The molecule has 0 atom stereocenters. The Morgan fingerprint density at radius 2 is 1.29 bits per heavy atom. The molecule has 176 valence electrons. The van der Waals surface area contributed by atoms with Gasteiger partial charge in [0.1, 0.15) is 5.75 Å². The van der Waals surface area contributed by atoms with Crippen molar-refractivity contribution in [2.45, 2.75) is 129 Å². The van der Waals surface area contributed by atoms with Crippen molar-refractivity contribution in [3.8, 4) is 5.75 Å². The van der Waals surface area contributed by atoms with Gasteiger partial charge in [-0.3, -0.25) is 4.79 Å². The van der Waals surface area contributed by atoms with Crippen LogP contribution in [0, 0.1) is 11.8 Å². The highest BCUT2D eigenvalue weighted by Gasteiger charge is 2.27. The smallest absolute Gasteiger partial charge is 0.314 e. The van der Waals surface area contributed by atoms with Crippen LogP contribution in [-0.4, -0.2) is 5.97 Å². The average Bonchev–Trinajstić information content (AvgIpc) is 2.80. The summed E-state index contributed by atoms with van der Waals surface area (Å²) in [4.78, 5) is 12.6. The third-order valence-corrected chi connectivity index (χ3v) is 7.11.